The Morgan fingerprint density at radius 3 is 2.59 bits per heavy atom. The number of amides is 1. The minimum Gasteiger partial charge on any atom is -0.385 e. The molecule has 0 bridgehead atoms. The third-order valence-corrected chi connectivity index (χ3v) is 3.25. The third-order valence-electron chi connectivity index (χ3n) is 3.25. The zero-order valence-corrected chi connectivity index (χ0v) is 11.0. The number of rotatable bonds is 7. The summed E-state index contributed by atoms with van der Waals surface area (Å²) in [5, 5.41) is 6.25. The Labute approximate surface area is 104 Å². The monoisotopic (exact) mass is 242 g/mol. The summed E-state index contributed by atoms with van der Waals surface area (Å²) in [6.45, 7) is 1.87. The number of nitrogens with one attached hydrogen (secondary N) is 2. The van der Waals surface area contributed by atoms with Crippen LogP contribution in [0.4, 0.5) is 0 Å². The van der Waals surface area contributed by atoms with Crippen molar-refractivity contribution in [2.45, 2.75) is 51.0 Å². The van der Waals surface area contributed by atoms with Gasteiger partial charge in [0.15, 0.2) is 0 Å². The van der Waals surface area contributed by atoms with Crippen molar-refractivity contribution in [3.8, 4) is 0 Å². The second-order valence-corrected chi connectivity index (χ2v) is 4.77. The van der Waals surface area contributed by atoms with Gasteiger partial charge in [-0.25, -0.2) is 0 Å². The molecule has 0 spiro atoms. The fourth-order valence-corrected chi connectivity index (χ4v) is 2.23. The van der Waals surface area contributed by atoms with Crippen molar-refractivity contribution in [1.82, 2.24) is 10.6 Å². The predicted molar refractivity (Wildman–Crippen MR) is 69.0 cm³/mol. The van der Waals surface area contributed by atoms with Crippen molar-refractivity contribution in [3.63, 3.8) is 0 Å². The van der Waals surface area contributed by atoms with Gasteiger partial charge in [-0.2, -0.15) is 0 Å². The van der Waals surface area contributed by atoms with E-state index >= 15 is 0 Å². The molecule has 2 N–H and O–H groups in total. The summed E-state index contributed by atoms with van der Waals surface area (Å²) in [4.78, 5) is 11.5. The molecule has 0 heterocycles. The first-order valence-corrected chi connectivity index (χ1v) is 6.82. The minimum absolute atomic E-state index is 0.102. The molecule has 4 nitrogen and oxygen atoms in total. The molecule has 0 aromatic rings. The second kappa shape index (κ2) is 9.42. The molecule has 0 radical (unpaired) electrons. The topological polar surface area (TPSA) is 50.4 Å². The Hall–Kier alpha value is -0.610. The molecule has 1 rings (SSSR count). The number of carbonyl (C=O) groups is 1. The van der Waals surface area contributed by atoms with Crippen molar-refractivity contribution in [1.29, 1.82) is 0 Å². The van der Waals surface area contributed by atoms with Gasteiger partial charge in [-0.3, -0.25) is 4.79 Å². The molecule has 1 aliphatic carbocycles. The zero-order chi connectivity index (χ0) is 12.3. The van der Waals surface area contributed by atoms with Crippen molar-refractivity contribution < 1.29 is 9.53 Å². The number of ether oxygens (including phenoxy) is 1. The molecule has 1 amide bonds. The van der Waals surface area contributed by atoms with E-state index < -0.39 is 0 Å². The predicted octanol–water partition coefficient (Wildman–Crippen LogP) is 1.45. The molecule has 0 aromatic heterocycles. The summed E-state index contributed by atoms with van der Waals surface area (Å²) >= 11 is 0. The van der Waals surface area contributed by atoms with Crippen LogP contribution < -0.4 is 10.6 Å². The van der Waals surface area contributed by atoms with Crippen LogP contribution in [0, 0.1) is 0 Å². The first-order chi connectivity index (χ1) is 8.33. The van der Waals surface area contributed by atoms with Gasteiger partial charge >= 0.3 is 0 Å². The lowest BCUT2D eigenvalue weighted by Crippen LogP contribution is -2.39. The molecule has 17 heavy (non-hydrogen) atoms. The first-order valence-electron chi connectivity index (χ1n) is 6.82. The Kier molecular flexibility index (Phi) is 8.01. The van der Waals surface area contributed by atoms with E-state index in [1.165, 1.54) is 38.5 Å². The SMILES string of the molecule is COCCCNC(=O)CNC1CCCCCC1. The van der Waals surface area contributed by atoms with Crippen LogP contribution in [0.2, 0.25) is 0 Å². The van der Waals surface area contributed by atoms with Crippen LogP contribution in [0.15, 0.2) is 0 Å². The number of methoxy groups -OCH3 is 1. The lowest BCUT2D eigenvalue weighted by molar-refractivity contribution is -0.120. The molecule has 1 saturated carbocycles. The van der Waals surface area contributed by atoms with E-state index in [0.717, 1.165) is 6.42 Å². The summed E-state index contributed by atoms with van der Waals surface area (Å²) in [5.41, 5.74) is 0. The smallest absolute Gasteiger partial charge is 0.233 e. The fourth-order valence-electron chi connectivity index (χ4n) is 2.23. The Bertz CT molecular complexity index is 202. The lowest BCUT2D eigenvalue weighted by atomic mass is 10.1. The highest BCUT2D eigenvalue weighted by atomic mass is 16.5. The van der Waals surface area contributed by atoms with Crippen LogP contribution in [-0.4, -0.2) is 38.8 Å². The molecule has 0 unspecified atom stereocenters. The molecule has 1 fully saturated rings. The van der Waals surface area contributed by atoms with Crippen LogP contribution in [0.3, 0.4) is 0 Å². The van der Waals surface area contributed by atoms with E-state index in [-0.39, 0.29) is 5.91 Å². The lowest BCUT2D eigenvalue weighted by Gasteiger charge is -2.15. The van der Waals surface area contributed by atoms with Crippen LogP contribution in [0.5, 0.6) is 0 Å². The molecule has 0 aliphatic heterocycles. The van der Waals surface area contributed by atoms with Crippen LogP contribution >= 0.6 is 0 Å². The Balaban J connectivity index is 2.01. The molecule has 4 heteroatoms. The Morgan fingerprint density at radius 2 is 1.94 bits per heavy atom. The highest BCUT2D eigenvalue weighted by molar-refractivity contribution is 5.77. The molecule has 0 aromatic carbocycles. The Morgan fingerprint density at radius 1 is 1.24 bits per heavy atom. The van der Waals surface area contributed by atoms with Gasteiger partial charge in [0, 0.05) is 26.3 Å². The molecule has 0 atom stereocenters. The summed E-state index contributed by atoms with van der Waals surface area (Å²) in [7, 11) is 1.68. The van der Waals surface area contributed by atoms with E-state index in [1.807, 2.05) is 0 Å². The van der Waals surface area contributed by atoms with Crippen molar-refractivity contribution in [2.75, 3.05) is 26.8 Å². The van der Waals surface area contributed by atoms with Gasteiger partial charge in [0.05, 0.1) is 6.54 Å². The maximum absolute atomic E-state index is 11.5. The highest BCUT2D eigenvalue weighted by Crippen LogP contribution is 2.16. The normalized spacial score (nSPS) is 17.7. The van der Waals surface area contributed by atoms with Crippen LogP contribution in [-0.2, 0) is 9.53 Å². The van der Waals surface area contributed by atoms with Crippen molar-refractivity contribution >= 4 is 5.91 Å². The summed E-state index contributed by atoms with van der Waals surface area (Å²) in [5.74, 6) is 0.102. The van der Waals surface area contributed by atoms with Crippen LogP contribution in [0.1, 0.15) is 44.9 Å². The molecule has 1 aliphatic rings. The van der Waals surface area contributed by atoms with Crippen LogP contribution in [0.25, 0.3) is 0 Å². The van der Waals surface area contributed by atoms with Gasteiger partial charge < -0.3 is 15.4 Å². The van der Waals surface area contributed by atoms with Gasteiger partial charge in [-0.1, -0.05) is 25.7 Å². The van der Waals surface area contributed by atoms with Gasteiger partial charge in [-0.15, -0.1) is 0 Å². The average molecular weight is 242 g/mol. The fraction of sp³-hybridized carbons (Fsp3) is 0.923. The molecular formula is C13H26N2O2. The maximum atomic E-state index is 11.5. The summed E-state index contributed by atoms with van der Waals surface area (Å²) in [6.07, 6.45) is 8.61. The van der Waals surface area contributed by atoms with Gasteiger partial charge in [0.2, 0.25) is 5.91 Å². The number of hydrogen-bond donors (Lipinski definition) is 2. The zero-order valence-electron chi connectivity index (χ0n) is 11.0. The van der Waals surface area contributed by atoms with Crippen molar-refractivity contribution in [3.05, 3.63) is 0 Å². The quantitative estimate of drug-likeness (QED) is 0.525. The van der Waals surface area contributed by atoms with Crippen molar-refractivity contribution in [2.24, 2.45) is 0 Å². The van der Waals surface area contributed by atoms with E-state index in [9.17, 15) is 4.79 Å². The van der Waals surface area contributed by atoms with E-state index in [1.54, 1.807) is 7.11 Å². The van der Waals surface area contributed by atoms with E-state index in [2.05, 4.69) is 10.6 Å². The average Bonchev–Trinajstić information content (AvgIpc) is 2.60. The van der Waals surface area contributed by atoms with E-state index in [4.69, 9.17) is 4.74 Å². The van der Waals surface area contributed by atoms with Gasteiger partial charge in [0.1, 0.15) is 0 Å². The molecular weight excluding hydrogens is 216 g/mol. The molecule has 100 valence electrons. The number of hydrogen-bond acceptors (Lipinski definition) is 3. The first kappa shape index (κ1) is 14.5. The second-order valence-electron chi connectivity index (χ2n) is 4.77. The standard InChI is InChI=1S/C13H26N2O2/c1-17-10-6-9-14-13(16)11-15-12-7-4-2-3-5-8-12/h12,15H,2-11H2,1H3,(H,14,16). The summed E-state index contributed by atoms with van der Waals surface area (Å²) < 4.78 is 4.93. The maximum Gasteiger partial charge on any atom is 0.233 e. The largest absolute Gasteiger partial charge is 0.385 e. The summed E-state index contributed by atoms with van der Waals surface area (Å²) in [6, 6.07) is 0.544. The van der Waals surface area contributed by atoms with Gasteiger partial charge in [-0.05, 0) is 19.3 Å². The third kappa shape index (κ3) is 7.34. The molecule has 0 saturated heterocycles. The van der Waals surface area contributed by atoms with Gasteiger partial charge in [0.25, 0.3) is 0 Å². The minimum atomic E-state index is 0.102. The highest BCUT2D eigenvalue weighted by Gasteiger charge is 2.12. The number of carbonyl (C=O) groups excluding carboxylic acids is 1. The van der Waals surface area contributed by atoms with E-state index in [0.29, 0.717) is 25.7 Å².